The highest BCUT2D eigenvalue weighted by atomic mass is 32.1. The number of aromatic nitrogens is 1. The minimum atomic E-state index is -0.585. The number of nitrogens with one attached hydrogen (secondary N) is 1. The number of nitrogens with two attached hydrogens (primary N) is 1. The van der Waals surface area contributed by atoms with Gasteiger partial charge in [-0.15, -0.1) is 11.3 Å². The predicted molar refractivity (Wildman–Crippen MR) is 139 cm³/mol. The van der Waals surface area contributed by atoms with Gasteiger partial charge in [0, 0.05) is 39.3 Å². The molecule has 2 aliphatic heterocycles. The highest BCUT2D eigenvalue weighted by Gasteiger charge is 2.33. The molecule has 3 N–H and O–H groups in total. The van der Waals surface area contributed by atoms with Gasteiger partial charge in [-0.1, -0.05) is 0 Å². The van der Waals surface area contributed by atoms with E-state index in [1.165, 1.54) is 35.4 Å². The lowest BCUT2D eigenvalue weighted by atomic mass is 10.2. The molecule has 2 fully saturated rings. The third-order valence-corrected chi connectivity index (χ3v) is 7.15. The molecule has 2 saturated heterocycles. The number of ketones is 1. The van der Waals surface area contributed by atoms with Crippen LogP contribution in [-0.4, -0.2) is 85.4 Å². The minimum Gasteiger partial charge on any atom is -0.442 e. The van der Waals surface area contributed by atoms with Gasteiger partial charge in [-0.05, 0) is 18.2 Å². The standard InChI is InChI=1S/C24H27FN8O4S/c1-15(34)28-10-18-13-33(24(36)37-18)16-2-3-20(19(25)8-16)32-6-4-31(5-7-32)12-17(35)9-22-29-11-21(38-22)23(27)30-14-26/h2-3,8,11,18H,4-7,9-10,12-13H2,1H3,(H2,27,30)(H,28,34)/t18-/m0/s1. The van der Waals surface area contributed by atoms with E-state index in [1.807, 2.05) is 9.80 Å². The molecule has 0 bridgehead atoms. The summed E-state index contributed by atoms with van der Waals surface area (Å²) in [5, 5.41) is 11.8. The molecule has 4 rings (SSSR count). The van der Waals surface area contributed by atoms with Crippen LogP contribution in [0.25, 0.3) is 0 Å². The molecule has 2 aliphatic rings. The topological polar surface area (TPSA) is 157 Å². The van der Waals surface area contributed by atoms with Crippen molar-refractivity contribution < 1.29 is 23.5 Å². The Hall–Kier alpha value is -4.09. The Kier molecular flexibility index (Phi) is 8.49. The van der Waals surface area contributed by atoms with Gasteiger partial charge in [0.15, 0.2) is 11.6 Å². The van der Waals surface area contributed by atoms with Gasteiger partial charge in [0.25, 0.3) is 0 Å². The van der Waals surface area contributed by atoms with Gasteiger partial charge in [0.2, 0.25) is 12.1 Å². The number of amidine groups is 1. The van der Waals surface area contributed by atoms with E-state index in [2.05, 4.69) is 15.3 Å². The number of anilines is 2. The second kappa shape index (κ2) is 12.0. The zero-order valence-corrected chi connectivity index (χ0v) is 21.5. The summed E-state index contributed by atoms with van der Waals surface area (Å²) in [6, 6.07) is 4.62. The monoisotopic (exact) mass is 542 g/mol. The first-order valence-corrected chi connectivity index (χ1v) is 12.7. The Morgan fingerprint density at radius 3 is 2.79 bits per heavy atom. The van der Waals surface area contributed by atoms with Gasteiger partial charge in [0.1, 0.15) is 16.9 Å². The number of cyclic esters (lactones) is 1. The highest BCUT2D eigenvalue weighted by molar-refractivity contribution is 7.13. The molecule has 38 heavy (non-hydrogen) atoms. The number of hydrogen-bond donors (Lipinski definition) is 2. The maximum atomic E-state index is 15.0. The summed E-state index contributed by atoms with van der Waals surface area (Å²) in [6.07, 6.45) is 2.19. The van der Waals surface area contributed by atoms with Gasteiger partial charge in [-0.25, -0.2) is 14.2 Å². The molecule has 1 atom stereocenters. The number of thiazole rings is 1. The SMILES string of the molecule is CC(=O)NC[C@H]1CN(c2ccc(N3CCN(CC(=O)Cc4ncc(C(N)=NC#N)s4)CC3)c(F)c2)C(=O)O1. The third-order valence-electron chi connectivity index (χ3n) is 6.13. The number of Topliss-reactive ketones (excluding diaryl/α,β-unsaturated/α-hetero) is 1. The molecule has 1 aromatic heterocycles. The number of piperazine rings is 1. The Morgan fingerprint density at radius 2 is 2.11 bits per heavy atom. The van der Waals surface area contributed by atoms with Crippen molar-refractivity contribution in [2.24, 2.45) is 10.7 Å². The van der Waals surface area contributed by atoms with Crippen molar-refractivity contribution in [3.05, 3.63) is 40.1 Å². The molecule has 0 unspecified atom stereocenters. The minimum absolute atomic E-state index is 0.0000156. The second-order valence-corrected chi connectivity index (χ2v) is 10.00. The largest absolute Gasteiger partial charge is 0.442 e. The van der Waals surface area contributed by atoms with E-state index < -0.39 is 18.0 Å². The average molecular weight is 543 g/mol. The summed E-state index contributed by atoms with van der Waals surface area (Å²) in [4.78, 5) is 49.3. The van der Waals surface area contributed by atoms with Crippen LogP contribution in [0.4, 0.5) is 20.6 Å². The molecule has 2 amide bonds. The van der Waals surface area contributed by atoms with Gasteiger partial charge in [-0.2, -0.15) is 10.3 Å². The fourth-order valence-electron chi connectivity index (χ4n) is 4.26. The summed E-state index contributed by atoms with van der Waals surface area (Å²) in [5.41, 5.74) is 6.49. The molecular weight excluding hydrogens is 515 g/mol. The Balaban J connectivity index is 1.27. The number of ether oxygens (including phenoxy) is 1. The van der Waals surface area contributed by atoms with Crippen molar-refractivity contribution in [1.29, 1.82) is 5.26 Å². The lowest BCUT2D eigenvalue weighted by Crippen LogP contribution is -2.48. The molecule has 2 aromatic rings. The van der Waals surface area contributed by atoms with Crippen molar-refractivity contribution in [2.45, 2.75) is 19.4 Å². The van der Waals surface area contributed by atoms with Crippen LogP contribution in [0, 0.1) is 17.3 Å². The third kappa shape index (κ3) is 6.61. The van der Waals surface area contributed by atoms with E-state index in [9.17, 15) is 14.4 Å². The Labute approximate surface area is 222 Å². The molecule has 200 valence electrons. The number of halogens is 1. The average Bonchev–Trinajstić information content (AvgIpc) is 3.50. The number of amides is 2. The van der Waals surface area contributed by atoms with E-state index >= 15 is 4.39 Å². The summed E-state index contributed by atoms with van der Waals surface area (Å²) in [6.45, 7) is 4.29. The Morgan fingerprint density at radius 1 is 1.34 bits per heavy atom. The van der Waals surface area contributed by atoms with Crippen LogP contribution < -0.4 is 20.9 Å². The van der Waals surface area contributed by atoms with Crippen molar-refractivity contribution in [3.8, 4) is 6.19 Å². The number of nitrogens with zero attached hydrogens (tertiary/aromatic N) is 6. The highest BCUT2D eigenvalue weighted by Crippen LogP contribution is 2.28. The van der Waals surface area contributed by atoms with Gasteiger partial charge < -0.3 is 20.7 Å². The van der Waals surface area contributed by atoms with Crippen LogP contribution in [0.2, 0.25) is 0 Å². The molecule has 0 saturated carbocycles. The zero-order valence-electron chi connectivity index (χ0n) is 20.7. The molecule has 14 heteroatoms. The van der Waals surface area contributed by atoms with E-state index in [0.29, 0.717) is 47.4 Å². The first-order valence-electron chi connectivity index (χ1n) is 11.9. The van der Waals surface area contributed by atoms with Crippen molar-refractivity contribution in [1.82, 2.24) is 15.2 Å². The number of carbonyl (C=O) groups excluding carboxylic acids is 3. The lowest BCUT2D eigenvalue weighted by molar-refractivity contribution is -0.120. The van der Waals surface area contributed by atoms with Crippen LogP contribution in [0.3, 0.4) is 0 Å². The molecule has 12 nitrogen and oxygen atoms in total. The molecular formula is C24H27FN8O4S. The van der Waals surface area contributed by atoms with Gasteiger partial charge >= 0.3 is 6.09 Å². The maximum absolute atomic E-state index is 15.0. The van der Waals surface area contributed by atoms with Gasteiger partial charge in [-0.3, -0.25) is 19.4 Å². The number of aliphatic imine (C=N–C) groups is 1. The normalized spacial score (nSPS) is 18.3. The zero-order chi connectivity index (χ0) is 27.2. The fourth-order valence-corrected chi connectivity index (χ4v) is 5.10. The van der Waals surface area contributed by atoms with Crippen molar-refractivity contribution in [2.75, 3.05) is 55.6 Å². The molecule has 0 radical (unpaired) electrons. The van der Waals surface area contributed by atoms with Gasteiger partial charge in [0.05, 0.1) is 42.3 Å². The summed E-state index contributed by atoms with van der Waals surface area (Å²) in [7, 11) is 0. The van der Waals surface area contributed by atoms with E-state index in [1.54, 1.807) is 18.3 Å². The first-order chi connectivity index (χ1) is 18.2. The van der Waals surface area contributed by atoms with E-state index in [4.69, 9.17) is 15.7 Å². The van der Waals surface area contributed by atoms with E-state index in [0.717, 1.165) is 0 Å². The lowest BCUT2D eigenvalue weighted by Gasteiger charge is -2.36. The molecule has 0 aliphatic carbocycles. The quantitative estimate of drug-likeness (QED) is 0.266. The smallest absolute Gasteiger partial charge is 0.414 e. The number of carbonyl (C=O) groups is 3. The summed E-state index contributed by atoms with van der Waals surface area (Å²) in [5.74, 6) is -0.600. The molecule has 1 aromatic carbocycles. The van der Waals surface area contributed by atoms with Crippen molar-refractivity contribution in [3.63, 3.8) is 0 Å². The molecule has 0 spiro atoms. The maximum Gasteiger partial charge on any atom is 0.414 e. The van der Waals surface area contributed by atoms with Crippen LogP contribution in [0.1, 0.15) is 16.8 Å². The Bertz CT molecular complexity index is 1280. The predicted octanol–water partition coefficient (Wildman–Crippen LogP) is 0.864. The second-order valence-electron chi connectivity index (χ2n) is 8.88. The molecule has 3 heterocycles. The van der Waals surface area contributed by atoms with E-state index in [-0.39, 0.29) is 43.6 Å². The van der Waals surface area contributed by atoms with Crippen LogP contribution in [0.15, 0.2) is 29.4 Å². The van der Waals surface area contributed by atoms with Crippen LogP contribution in [0.5, 0.6) is 0 Å². The number of benzene rings is 1. The number of rotatable bonds is 9. The number of nitriles is 1. The van der Waals surface area contributed by atoms with Crippen molar-refractivity contribution >= 4 is 46.3 Å². The number of hydrogen-bond acceptors (Lipinski definition) is 10. The fraction of sp³-hybridized carbons (Fsp3) is 0.417. The summed E-state index contributed by atoms with van der Waals surface area (Å²) < 4.78 is 20.3. The first kappa shape index (κ1) is 27.0. The summed E-state index contributed by atoms with van der Waals surface area (Å²) >= 11 is 1.23. The van der Waals surface area contributed by atoms with Crippen LogP contribution >= 0.6 is 11.3 Å². The van der Waals surface area contributed by atoms with Crippen LogP contribution in [-0.2, 0) is 20.7 Å².